The van der Waals surface area contributed by atoms with E-state index in [4.69, 9.17) is 5.26 Å². The first-order valence-corrected chi connectivity index (χ1v) is 5.23. The van der Waals surface area contributed by atoms with Crippen molar-refractivity contribution in [3.8, 4) is 6.07 Å². The lowest BCUT2D eigenvalue weighted by Crippen LogP contribution is -2.28. The number of nitrogens with zero attached hydrogens (tertiary/aromatic N) is 2. The Morgan fingerprint density at radius 3 is 2.67 bits per heavy atom. The first-order chi connectivity index (χ1) is 5.88. The summed E-state index contributed by atoms with van der Waals surface area (Å²) in [5.41, 5.74) is 0. The number of thiol groups is 1. The molecule has 0 heterocycles. The topological polar surface area (TPSA) is 27.0 Å². The quantitative estimate of drug-likeness (QED) is 0.636. The van der Waals surface area contributed by atoms with Gasteiger partial charge in [-0.05, 0) is 31.6 Å². The highest BCUT2D eigenvalue weighted by Crippen LogP contribution is 2.26. The fraction of sp³-hybridized carbons (Fsp3) is 0.889. The maximum absolute atomic E-state index is 8.45. The second kappa shape index (κ2) is 5.45. The first kappa shape index (κ1) is 9.88. The van der Waals surface area contributed by atoms with Gasteiger partial charge in [-0.25, -0.2) is 0 Å². The molecule has 0 amide bonds. The van der Waals surface area contributed by atoms with Crippen LogP contribution in [0.25, 0.3) is 0 Å². The molecule has 1 aliphatic rings. The molecular weight excluding hydrogens is 168 g/mol. The number of rotatable bonds is 6. The highest BCUT2D eigenvalue weighted by Gasteiger charge is 2.27. The zero-order valence-corrected chi connectivity index (χ0v) is 8.26. The highest BCUT2D eigenvalue weighted by molar-refractivity contribution is 7.80. The SMILES string of the molecule is N#CCCN(CCCS)C1CC1. The van der Waals surface area contributed by atoms with Gasteiger partial charge >= 0.3 is 0 Å². The molecule has 1 rings (SSSR count). The molecule has 2 nitrogen and oxygen atoms in total. The fourth-order valence-electron chi connectivity index (χ4n) is 1.38. The van der Waals surface area contributed by atoms with Crippen molar-refractivity contribution in [2.45, 2.75) is 31.7 Å². The van der Waals surface area contributed by atoms with Gasteiger partial charge in [-0.15, -0.1) is 0 Å². The normalized spacial score (nSPS) is 16.4. The van der Waals surface area contributed by atoms with Crippen molar-refractivity contribution in [1.82, 2.24) is 4.90 Å². The lowest BCUT2D eigenvalue weighted by atomic mass is 10.3. The monoisotopic (exact) mass is 184 g/mol. The van der Waals surface area contributed by atoms with E-state index in [9.17, 15) is 0 Å². The van der Waals surface area contributed by atoms with Crippen molar-refractivity contribution in [3.63, 3.8) is 0 Å². The Hall–Kier alpha value is -0.200. The van der Waals surface area contributed by atoms with E-state index >= 15 is 0 Å². The molecule has 0 atom stereocenters. The predicted octanol–water partition coefficient (Wildman–Crippen LogP) is 1.68. The van der Waals surface area contributed by atoms with Gasteiger partial charge < -0.3 is 0 Å². The number of hydrogen-bond donors (Lipinski definition) is 1. The van der Waals surface area contributed by atoms with Gasteiger partial charge in [0.2, 0.25) is 0 Å². The third kappa shape index (κ3) is 3.46. The Morgan fingerprint density at radius 1 is 1.42 bits per heavy atom. The lowest BCUT2D eigenvalue weighted by Gasteiger charge is -2.19. The van der Waals surface area contributed by atoms with Gasteiger partial charge in [0.1, 0.15) is 0 Å². The number of hydrogen-bond acceptors (Lipinski definition) is 3. The van der Waals surface area contributed by atoms with E-state index < -0.39 is 0 Å². The van der Waals surface area contributed by atoms with E-state index in [0.717, 1.165) is 31.3 Å². The minimum atomic E-state index is 0.670. The molecule has 1 fully saturated rings. The van der Waals surface area contributed by atoms with Crippen molar-refractivity contribution in [2.75, 3.05) is 18.8 Å². The van der Waals surface area contributed by atoms with E-state index in [0.29, 0.717) is 6.42 Å². The molecular formula is C9H16N2S. The second-order valence-electron chi connectivity index (χ2n) is 3.25. The van der Waals surface area contributed by atoms with Crippen LogP contribution in [0, 0.1) is 11.3 Å². The highest BCUT2D eigenvalue weighted by atomic mass is 32.1. The maximum atomic E-state index is 8.45. The van der Waals surface area contributed by atoms with Crippen molar-refractivity contribution >= 4 is 12.6 Å². The third-order valence-corrected chi connectivity index (χ3v) is 2.49. The Morgan fingerprint density at radius 2 is 2.17 bits per heavy atom. The van der Waals surface area contributed by atoms with Gasteiger partial charge in [0.15, 0.2) is 0 Å². The minimum Gasteiger partial charge on any atom is -0.299 e. The summed E-state index contributed by atoms with van der Waals surface area (Å²) in [6.45, 7) is 2.07. The van der Waals surface area contributed by atoms with Crippen LogP contribution >= 0.6 is 12.6 Å². The molecule has 0 radical (unpaired) electrons. The van der Waals surface area contributed by atoms with Crippen LogP contribution in [0.4, 0.5) is 0 Å². The molecule has 1 aliphatic carbocycles. The summed E-state index contributed by atoms with van der Waals surface area (Å²) in [4.78, 5) is 2.43. The van der Waals surface area contributed by atoms with Gasteiger partial charge in [0, 0.05) is 19.0 Å². The lowest BCUT2D eigenvalue weighted by molar-refractivity contribution is 0.271. The Bertz CT molecular complexity index is 160. The van der Waals surface area contributed by atoms with Crippen LogP contribution in [-0.2, 0) is 0 Å². The molecule has 3 heteroatoms. The van der Waals surface area contributed by atoms with Crippen LogP contribution in [0.5, 0.6) is 0 Å². The molecule has 12 heavy (non-hydrogen) atoms. The molecule has 0 unspecified atom stereocenters. The van der Waals surface area contributed by atoms with E-state index in [1.165, 1.54) is 12.8 Å². The van der Waals surface area contributed by atoms with E-state index in [2.05, 4.69) is 23.6 Å². The summed E-state index contributed by atoms with van der Waals surface area (Å²) < 4.78 is 0. The van der Waals surface area contributed by atoms with Gasteiger partial charge in [-0.1, -0.05) is 0 Å². The number of nitriles is 1. The van der Waals surface area contributed by atoms with Crippen LogP contribution in [0.2, 0.25) is 0 Å². The van der Waals surface area contributed by atoms with Gasteiger partial charge in [-0.3, -0.25) is 4.90 Å². The summed E-state index contributed by atoms with van der Waals surface area (Å²) >= 11 is 4.18. The molecule has 0 aromatic carbocycles. The van der Waals surface area contributed by atoms with Crippen LogP contribution in [0.3, 0.4) is 0 Å². The van der Waals surface area contributed by atoms with Crippen LogP contribution < -0.4 is 0 Å². The summed E-state index contributed by atoms with van der Waals surface area (Å²) in [7, 11) is 0. The average molecular weight is 184 g/mol. The largest absolute Gasteiger partial charge is 0.299 e. The van der Waals surface area contributed by atoms with Crippen molar-refractivity contribution < 1.29 is 0 Å². The molecule has 0 N–H and O–H groups in total. The Labute approximate surface area is 80.0 Å². The fourth-order valence-corrected chi connectivity index (χ4v) is 1.53. The van der Waals surface area contributed by atoms with E-state index in [-0.39, 0.29) is 0 Å². The summed E-state index contributed by atoms with van der Waals surface area (Å²) in [5, 5.41) is 8.45. The zero-order chi connectivity index (χ0) is 8.81. The maximum Gasteiger partial charge on any atom is 0.0635 e. The summed E-state index contributed by atoms with van der Waals surface area (Å²) in [6, 6.07) is 2.99. The Balaban J connectivity index is 2.14. The van der Waals surface area contributed by atoms with Crippen molar-refractivity contribution in [3.05, 3.63) is 0 Å². The third-order valence-electron chi connectivity index (χ3n) is 2.18. The molecule has 1 saturated carbocycles. The molecule has 68 valence electrons. The molecule has 0 aromatic rings. The molecule has 0 bridgehead atoms. The summed E-state index contributed by atoms with van der Waals surface area (Å²) in [5.74, 6) is 0.954. The van der Waals surface area contributed by atoms with Gasteiger partial charge in [0.05, 0.1) is 6.07 Å². The molecule has 0 aliphatic heterocycles. The molecule has 0 saturated heterocycles. The van der Waals surface area contributed by atoms with Gasteiger partial charge in [-0.2, -0.15) is 17.9 Å². The Kier molecular flexibility index (Phi) is 4.49. The first-order valence-electron chi connectivity index (χ1n) is 4.60. The second-order valence-corrected chi connectivity index (χ2v) is 3.70. The summed E-state index contributed by atoms with van der Waals surface area (Å²) in [6.07, 6.45) is 4.48. The smallest absolute Gasteiger partial charge is 0.0635 e. The van der Waals surface area contributed by atoms with Crippen molar-refractivity contribution in [1.29, 1.82) is 5.26 Å². The standard InChI is InChI=1S/C9H16N2S/c10-5-1-6-11(7-2-8-12)9-3-4-9/h9,12H,1-4,6-8H2. The molecule has 0 aromatic heterocycles. The average Bonchev–Trinajstić information content (AvgIpc) is 2.88. The molecule has 0 spiro atoms. The zero-order valence-electron chi connectivity index (χ0n) is 7.37. The van der Waals surface area contributed by atoms with Crippen molar-refractivity contribution in [2.24, 2.45) is 0 Å². The van der Waals surface area contributed by atoms with Crippen LogP contribution in [0.15, 0.2) is 0 Å². The minimum absolute atomic E-state index is 0.670. The van der Waals surface area contributed by atoms with E-state index in [1.54, 1.807) is 0 Å². The van der Waals surface area contributed by atoms with Crippen LogP contribution in [-0.4, -0.2) is 29.8 Å². The van der Waals surface area contributed by atoms with Crippen LogP contribution in [0.1, 0.15) is 25.7 Å². The van der Waals surface area contributed by atoms with E-state index in [1.807, 2.05) is 0 Å². The van der Waals surface area contributed by atoms with Gasteiger partial charge in [0.25, 0.3) is 0 Å². The predicted molar refractivity (Wildman–Crippen MR) is 53.3 cm³/mol.